The molecule has 1 amide bonds. The van der Waals surface area contributed by atoms with E-state index in [2.05, 4.69) is 22.5 Å². The third-order valence-corrected chi connectivity index (χ3v) is 2.95. The molecule has 1 aromatic heterocycles. The molecule has 0 bridgehead atoms. The minimum Gasteiger partial charge on any atom is -0.353 e. The third kappa shape index (κ3) is 4.15. The average molecular weight is 233 g/mol. The second kappa shape index (κ2) is 5.77. The third-order valence-electron chi connectivity index (χ3n) is 2.95. The van der Waals surface area contributed by atoms with E-state index >= 15 is 0 Å². The minimum absolute atomic E-state index is 0.155. The molecule has 1 atom stereocenters. The second-order valence-electron chi connectivity index (χ2n) is 4.55. The SMILES string of the molecule is C[C@H](NCCC(=O)NC1CC1)c1ccncc1. The van der Waals surface area contributed by atoms with Gasteiger partial charge in [0.25, 0.3) is 0 Å². The van der Waals surface area contributed by atoms with Gasteiger partial charge >= 0.3 is 0 Å². The fourth-order valence-corrected chi connectivity index (χ4v) is 1.70. The van der Waals surface area contributed by atoms with Crippen molar-refractivity contribution in [2.75, 3.05) is 6.54 Å². The second-order valence-corrected chi connectivity index (χ2v) is 4.55. The van der Waals surface area contributed by atoms with Crippen LogP contribution in [0.2, 0.25) is 0 Å². The fourth-order valence-electron chi connectivity index (χ4n) is 1.70. The van der Waals surface area contributed by atoms with Gasteiger partial charge in [-0.25, -0.2) is 0 Å². The lowest BCUT2D eigenvalue weighted by molar-refractivity contribution is -0.121. The van der Waals surface area contributed by atoms with E-state index in [0.717, 1.165) is 12.8 Å². The quantitative estimate of drug-likeness (QED) is 0.781. The number of hydrogen-bond acceptors (Lipinski definition) is 3. The molecule has 0 spiro atoms. The molecule has 2 rings (SSSR count). The highest BCUT2D eigenvalue weighted by Crippen LogP contribution is 2.18. The Kier molecular flexibility index (Phi) is 4.09. The summed E-state index contributed by atoms with van der Waals surface area (Å²) < 4.78 is 0. The van der Waals surface area contributed by atoms with Crippen molar-refractivity contribution in [3.05, 3.63) is 30.1 Å². The minimum atomic E-state index is 0.155. The number of carbonyl (C=O) groups excluding carboxylic acids is 1. The molecular weight excluding hydrogens is 214 g/mol. The normalized spacial score (nSPS) is 16.5. The maximum absolute atomic E-state index is 11.5. The number of nitrogens with one attached hydrogen (secondary N) is 2. The van der Waals surface area contributed by atoms with Crippen molar-refractivity contribution < 1.29 is 4.79 Å². The molecule has 4 nitrogen and oxygen atoms in total. The van der Waals surface area contributed by atoms with Gasteiger partial charge in [0.2, 0.25) is 5.91 Å². The van der Waals surface area contributed by atoms with Crippen LogP contribution in [0.5, 0.6) is 0 Å². The standard InChI is InChI=1S/C13H19N3O/c1-10(11-4-7-14-8-5-11)15-9-6-13(17)16-12-2-3-12/h4-5,7-8,10,12,15H,2-3,6,9H2,1H3,(H,16,17)/t10-/m0/s1. The van der Waals surface area contributed by atoms with Gasteiger partial charge in [-0.3, -0.25) is 9.78 Å². The molecular formula is C13H19N3O. The highest BCUT2D eigenvalue weighted by Gasteiger charge is 2.22. The lowest BCUT2D eigenvalue weighted by Gasteiger charge is -2.13. The van der Waals surface area contributed by atoms with Gasteiger partial charge in [0.15, 0.2) is 0 Å². The first-order valence-electron chi connectivity index (χ1n) is 6.18. The van der Waals surface area contributed by atoms with Crippen LogP contribution < -0.4 is 10.6 Å². The van der Waals surface area contributed by atoms with Gasteiger partial charge in [0, 0.05) is 37.4 Å². The van der Waals surface area contributed by atoms with Crippen LogP contribution in [0.3, 0.4) is 0 Å². The summed E-state index contributed by atoms with van der Waals surface area (Å²) in [6.07, 6.45) is 6.41. The van der Waals surface area contributed by atoms with E-state index in [1.807, 2.05) is 12.1 Å². The van der Waals surface area contributed by atoms with E-state index in [9.17, 15) is 4.79 Å². The maximum atomic E-state index is 11.5. The van der Waals surface area contributed by atoms with E-state index in [-0.39, 0.29) is 11.9 Å². The summed E-state index contributed by atoms with van der Waals surface area (Å²) in [5, 5.41) is 6.31. The van der Waals surface area contributed by atoms with Crippen LogP contribution in [0.1, 0.15) is 37.8 Å². The summed E-state index contributed by atoms with van der Waals surface area (Å²) >= 11 is 0. The lowest BCUT2D eigenvalue weighted by atomic mass is 10.1. The summed E-state index contributed by atoms with van der Waals surface area (Å²) in [5.74, 6) is 0.155. The number of hydrogen-bond donors (Lipinski definition) is 2. The first kappa shape index (κ1) is 12.0. The van der Waals surface area contributed by atoms with E-state index < -0.39 is 0 Å². The monoisotopic (exact) mass is 233 g/mol. The van der Waals surface area contributed by atoms with Crippen molar-refractivity contribution in [3.8, 4) is 0 Å². The Morgan fingerprint density at radius 3 is 2.82 bits per heavy atom. The van der Waals surface area contributed by atoms with Gasteiger partial charge in [-0.2, -0.15) is 0 Å². The first-order valence-corrected chi connectivity index (χ1v) is 6.18. The molecule has 0 unspecified atom stereocenters. The maximum Gasteiger partial charge on any atom is 0.221 e. The lowest BCUT2D eigenvalue weighted by Crippen LogP contribution is -2.30. The summed E-state index contributed by atoms with van der Waals surface area (Å²) in [6, 6.07) is 4.69. The van der Waals surface area contributed by atoms with Gasteiger partial charge in [-0.1, -0.05) is 0 Å². The van der Waals surface area contributed by atoms with Crippen LogP contribution in [0.25, 0.3) is 0 Å². The molecule has 1 saturated carbocycles. The topological polar surface area (TPSA) is 54.0 Å². The van der Waals surface area contributed by atoms with Crippen molar-refractivity contribution in [1.82, 2.24) is 15.6 Å². The summed E-state index contributed by atoms with van der Waals surface area (Å²) in [7, 11) is 0. The zero-order chi connectivity index (χ0) is 12.1. The Morgan fingerprint density at radius 2 is 2.18 bits per heavy atom. The summed E-state index contributed by atoms with van der Waals surface area (Å²) in [4.78, 5) is 15.4. The molecule has 0 aromatic carbocycles. The van der Waals surface area contributed by atoms with E-state index in [4.69, 9.17) is 0 Å². The van der Waals surface area contributed by atoms with Crippen LogP contribution in [-0.2, 0) is 4.79 Å². The van der Waals surface area contributed by atoms with Crippen LogP contribution >= 0.6 is 0 Å². The Morgan fingerprint density at radius 1 is 1.47 bits per heavy atom. The summed E-state index contributed by atoms with van der Waals surface area (Å²) in [5.41, 5.74) is 1.20. The van der Waals surface area contributed by atoms with Crippen LogP contribution in [0, 0.1) is 0 Å². The number of amides is 1. The van der Waals surface area contributed by atoms with Crippen molar-refractivity contribution in [1.29, 1.82) is 0 Å². The van der Waals surface area contributed by atoms with Gasteiger partial charge < -0.3 is 10.6 Å². The predicted molar refractivity (Wildman–Crippen MR) is 66.4 cm³/mol. The molecule has 0 saturated heterocycles. The van der Waals surface area contributed by atoms with Crippen molar-refractivity contribution in [3.63, 3.8) is 0 Å². The van der Waals surface area contributed by atoms with Crippen molar-refractivity contribution in [2.24, 2.45) is 0 Å². The molecule has 17 heavy (non-hydrogen) atoms. The Bertz CT molecular complexity index is 362. The number of nitrogens with zero attached hydrogens (tertiary/aromatic N) is 1. The van der Waals surface area contributed by atoms with Crippen LogP contribution in [-0.4, -0.2) is 23.5 Å². The molecule has 0 radical (unpaired) electrons. The summed E-state index contributed by atoms with van der Waals surface area (Å²) in [6.45, 7) is 2.80. The number of rotatable bonds is 6. The smallest absolute Gasteiger partial charge is 0.221 e. The average Bonchev–Trinajstić information content (AvgIpc) is 3.14. The zero-order valence-corrected chi connectivity index (χ0v) is 10.1. The Labute approximate surface area is 102 Å². The molecule has 2 N–H and O–H groups in total. The molecule has 92 valence electrons. The molecule has 1 aliphatic carbocycles. The molecule has 1 heterocycles. The van der Waals surface area contributed by atoms with Crippen LogP contribution in [0.4, 0.5) is 0 Å². The molecule has 4 heteroatoms. The van der Waals surface area contributed by atoms with Crippen molar-refractivity contribution in [2.45, 2.75) is 38.3 Å². The van der Waals surface area contributed by atoms with Crippen molar-refractivity contribution >= 4 is 5.91 Å². The number of pyridine rings is 1. The highest BCUT2D eigenvalue weighted by molar-refractivity contribution is 5.76. The predicted octanol–water partition coefficient (Wildman–Crippen LogP) is 1.40. The zero-order valence-electron chi connectivity index (χ0n) is 10.1. The Hall–Kier alpha value is -1.42. The fraction of sp³-hybridized carbons (Fsp3) is 0.538. The largest absolute Gasteiger partial charge is 0.353 e. The van der Waals surface area contributed by atoms with Gasteiger partial charge in [0.1, 0.15) is 0 Å². The first-order chi connectivity index (χ1) is 8.25. The van der Waals surface area contributed by atoms with E-state index in [1.165, 1.54) is 5.56 Å². The molecule has 0 aliphatic heterocycles. The van der Waals surface area contributed by atoms with E-state index in [0.29, 0.717) is 19.0 Å². The molecule has 1 aromatic rings. The number of aromatic nitrogens is 1. The van der Waals surface area contributed by atoms with E-state index in [1.54, 1.807) is 12.4 Å². The molecule has 1 fully saturated rings. The van der Waals surface area contributed by atoms with Gasteiger partial charge in [-0.15, -0.1) is 0 Å². The number of carbonyl (C=O) groups is 1. The Balaban J connectivity index is 1.65. The highest BCUT2D eigenvalue weighted by atomic mass is 16.1. The van der Waals surface area contributed by atoms with Crippen LogP contribution in [0.15, 0.2) is 24.5 Å². The molecule has 1 aliphatic rings. The van der Waals surface area contributed by atoms with Gasteiger partial charge in [0.05, 0.1) is 0 Å². The van der Waals surface area contributed by atoms with Gasteiger partial charge in [-0.05, 0) is 37.5 Å².